The summed E-state index contributed by atoms with van der Waals surface area (Å²) in [5.74, 6) is 1.43. The van der Waals surface area contributed by atoms with Gasteiger partial charge in [-0.05, 0) is 43.2 Å². The summed E-state index contributed by atoms with van der Waals surface area (Å²) in [6.07, 6.45) is 19.8. The molecule has 1 aromatic heterocycles. The number of aryl methyl sites for hydroxylation is 2. The topological polar surface area (TPSA) is 38.1 Å². The van der Waals surface area contributed by atoms with Gasteiger partial charge in [-0.2, -0.15) is 0 Å². The van der Waals surface area contributed by atoms with Crippen molar-refractivity contribution in [1.82, 2.24) is 9.55 Å². The summed E-state index contributed by atoms with van der Waals surface area (Å²) in [5, 5.41) is 0. The highest BCUT2D eigenvalue weighted by atomic mass is 16.2. The molecular formula is C34H49N3O. The minimum atomic E-state index is 0.141. The fourth-order valence-corrected chi connectivity index (χ4v) is 6.03. The molecule has 1 amide bonds. The second-order valence-electron chi connectivity index (χ2n) is 11.5. The fraction of sp³-hybridized carbons (Fsp3) is 0.588. The predicted molar refractivity (Wildman–Crippen MR) is 161 cm³/mol. The van der Waals surface area contributed by atoms with Crippen LogP contribution in [-0.2, 0) is 11.3 Å². The van der Waals surface area contributed by atoms with Crippen LogP contribution in [-0.4, -0.2) is 22.0 Å². The van der Waals surface area contributed by atoms with Crippen LogP contribution in [0.2, 0.25) is 0 Å². The van der Waals surface area contributed by atoms with Crippen molar-refractivity contribution < 1.29 is 4.79 Å². The van der Waals surface area contributed by atoms with E-state index < -0.39 is 0 Å². The van der Waals surface area contributed by atoms with Crippen molar-refractivity contribution in [3.63, 3.8) is 0 Å². The molecule has 0 aliphatic carbocycles. The number of hydrogen-bond donors (Lipinski definition) is 0. The monoisotopic (exact) mass is 515 g/mol. The molecule has 3 aromatic rings. The van der Waals surface area contributed by atoms with Crippen LogP contribution in [0.5, 0.6) is 0 Å². The Labute approximate surface area is 230 Å². The molecule has 0 bridgehead atoms. The Kier molecular flexibility index (Phi) is 11.3. The van der Waals surface area contributed by atoms with E-state index in [9.17, 15) is 4.79 Å². The predicted octanol–water partition coefficient (Wildman–Crippen LogP) is 9.35. The zero-order valence-corrected chi connectivity index (χ0v) is 24.0. The second-order valence-corrected chi connectivity index (χ2v) is 11.5. The summed E-state index contributed by atoms with van der Waals surface area (Å²) in [6, 6.07) is 16.7. The van der Waals surface area contributed by atoms with Crippen LogP contribution in [0.4, 0.5) is 5.69 Å². The maximum atomic E-state index is 13.0. The van der Waals surface area contributed by atoms with E-state index in [2.05, 4.69) is 54.8 Å². The first-order chi connectivity index (χ1) is 18.7. The van der Waals surface area contributed by atoms with Crippen molar-refractivity contribution in [1.29, 1.82) is 0 Å². The summed E-state index contributed by atoms with van der Waals surface area (Å²) in [7, 11) is 0. The largest absolute Gasteiger partial charge is 0.328 e. The number of aromatic nitrogens is 2. The highest BCUT2D eigenvalue weighted by molar-refractivity contribution is 5.96. The Balaban J connectivity index is 1.22. The highest BCUT2D eigenvalue weighted by Crippen LogP contribution is 2.33. The number of anilines is 1. The van der Waals surface area contributed by atoms with Gasteiger partial charge in [0.2, 0.25) is 5.91 Å². The number of unbranched alkanes of at least 4 members (excludes halogenated alkanes) is 13. The van der Waals surface area contributed by atoms with E-state index >= 15 is 0 Å². The first-order valence-corrected chi connectivity index (χ1v) is 15.5. The average molecular weight is 516 g/mol. The van der Waals surface area contributed by atoms with Crippen LogP contribution in [0, 0.1) is 6.92 Å². The number of benzene rings is 2. The summed E-state index contributed by atoms with van der Waals surface area (Å²) in [4.78, 5) is 20.0. The molecule has 38 heavy (non-hydrogen) atoms. The molecule has 1 aliphatic heterocycles. The standard InChI is InChI=1S/C34H49N3O/c1-3-4-5-6-7-8-9-10-11-12-13-14-15-18-24-36-32-23-17-16-22-31(32)35-34(36)29-26-33(38)37(27-29)30-21-19-20-28(2)25-30/h16-17,19-23,25,29H,3-15,18,24,26-27H2,1-2H3/t29-/m0/s1. The van der Waals surface area contributed by atoms with Gasteiger partial charge in [0.1, 0.15) is 5.82 Å². The number of carbonyl (C=O) groups excluding carboxylic acids is 1. The van der Waals surface area contributed by atoms with Crippen LogP contribution >= 0.6 is 0 Å². The van der Waals surface area contributed by atoms with Crippen LogP contribution in [0.3, 0.4) is 0 Å². The van der Waals surface area contributed by atoms with Gasteiger partial charge in [-0.3, -0.25) is 4.79 Å². The molecule has 0 spiro atoms. The van der Waals surface area contributed by atoms with E-state index in [1.165, 1.54) is 101 Å². The van der Waals surface area contributed by atoms with Gasteiger partial charge in [0.05, 0.1) is 11.0 Å². The van der Waals surface area contributed by atoms with E-state index in [0.29, 0.717) is 13.0 Å². The van der Waals surface area contributed by atoms with Gasteiger partial charge in [0, 0.05) is 31.1 Å². The lowest BCUT2D eigenvalue weighted by atomic mass is 10.0. The molecule has 4 rings (SSSR count). The average Bonchev–Trinajstić information content (AvgIpc) is 3.49. The van der Waals surface area contributed by atoms with E-state index in [0.717, 1.165) is 23.6 Å². The van der Waals surface area contributed by atoms with Gasteiger partial charge in [-0.25, -0.2) is 4.98 Å². The molecule has 1 aliphatic rings. The Hall–Kier alpha value is -2.62. The third kappa shape index (κ3) is 7.94. The molecule has 1 atom stereocenters. The maximum Gasteiger partial charge on any atom is 0.227 e. The smallest absolute Gasteiger partial charge is 0.227 e. The molecule has 0 saturated carbocycles. The Morgan fingerprint density at radius 1 is 0.789 bits per heavy atom. The van der Waals surface area contributed by atoms with Crippen LogP contribution < -0.4 is 4.90 Å². The van der Waals surface area contributed by atoms with Crippen molar-refractivity contribution >= 4 is 22.6 Å². The number of carbonyl (C=O) groups is 1. The third-order valence-electron chi connectivity index (χ3n) is 8.22. The van der Waals surface area contributed by atoms with Crippen molar-refractivity contribution in [2.75, 3.05) is 11.4 Å². The number of para-hydroxylation sites is 2. The lowest BCUT2D eigenvalue weighted by Gasteiger charge is -2.18. The number of imidazole rings is 1. The second kappa shape index (κ2) is 15.1. The van der Waals surface area contributed by atoms with E-state index in [1.807, 2.05) is 17.0 Å². The number of nitrogens with zero attached hydrogens (tertiary/aromatic N) is 3. The van der Waals surface area contributed by atoms with Crippen molar-refractivity contribution in [3.8, 4) is 0 Å². The Morgan fingerprint density at radius 3 is 2.08 bits per heavy atom. The highest BCUT2D eigenvalue weighted by Gasteiger charge is 2.34. The molecule has 206 valence electrons. The minimum Gasteiger partial charge on any atom is -0.328 e. The molecule has 1 fully saturated rings. The molecule has 0 unspecified atom stereocenters. The summed E-state index contributed by atoms with van der Waals surface area (Å²) in [5.41, 5.74) is 4.45. The normalized spacial score (nSPS) is 15.7. The third-order valence-corrected chi connectivity index (χ3v) is 8.22. The van der Waals surface area contributed by atoms with Crippen LogP contribution in [0.1, 0.15) is 121 Å². The van der Waals surface area contributed by atoms with Gasteiger partial charge in [-0.1, -0.05) is 115 Å². The zero-order chi connectivity index (χ0) is 26.6. The maximum absolute atomic E-state index is 13.0. The molecule has 1 saturated heterocycles. The molecule has 4 heteroatoms. The first kappa shape index (κ1) is 28.4. The van der Waals surface area contributed by atoms with Gasteiger partial charge >= 0.3 is 0 Å². The van der Waals surface area contributed by atoms with Gasteiger partial charge in [0.25, 0.3) is 0 Å². The number of fused-ring (bicyclic) bond motifs is 1. The number of hydrogen-bond acceptors (Lipinski definition) is 2. The van der Waals surface area contributed by atoms with Crippen molar-refractivity contribution in [2.45, 2.75) is 123 Å². The van der Waals surface area contributed by atoms with Gasteiger partial charge < -0.3 is 9.47 Å². The lowest BCUT2D eigenvalue weighted by Crippen LogP contribution is -2.24. The molecule has 2 aromatic carbocycles. The molecule has 2 heterocycles. The van der Waals surface area contributed by atoms with E-state index in [1.54, 1.807) is 0 Å². The summed E-state index contributed by atoms with van der Waals surface area (Å²) in [6.45, 7) is 6.07. The molecular weight excluding hydrogens is 466 g/mol. The molecule has 0 radical (unpaired) electrons. The van der Waals surface area contributed by atoms with E-state index in [-0.39, 0.29) is 11.8 Å². The Bertz CT molecular complexity index is 1130. The number of amides is 1. The van der Waals surface area contributed by atoms with E-state index in [4.69, 9.17) is 4.98 Å². The van der Waals surface area contributed by atoms with Crippen LogP contribution in [0.25, 0.3) is 11.0 Å². The minimum absolute atomic E-state index is 0.141. The Morgan fingerprint density at radius 2 is 1.42 bits per heavy atom. The number of rotatable bonds is 17. The van der Waals surface area contributed by atoms with Gasteiger partial charge in [0.15, 0.2) is 0 Å². The van der Waals surface area contributed by atoms with Crippen LogP contribution in [0.15, 0.2) is 48.5 Å². The van der Waals surface area contributed by atoms with Gasteiger partial charge in [-0.15, -0.1) is 0 Å². The van der Waals surface area contributed by atoms with Crippen molar-refractivity contribution in [3.05, 3.63) is 59.9 Å². The lowest BCUT2D eigenvalue weighted by molar-refractivity contribution is -0.117. The summed E-state index contributed by atoms with van der Waals surface area (Å²) < 4.78 is 2.41. The molecule has 4 nitrogen and oxygen atoms in total. The molecule has 0 N–H and O–H groups in total. The SMILES string of the molecule is CCCCCCCCCCCCCCCCn1c([C@H]2CC(=O)N(c3cccc(C)c3)C2)nc2ccccc21. The van der Waals surface area contributed by atoms with Crippen molar-refractivity contribution in [2.24, 2.45) is 0 Å². The quantitative estimate of drug-likeness (QED) is 0.168. The fourth-order valence-electron chi connectivity index (χ4n) is 6.03. The summed E-state index contributed by atoms with van der Waals surface area (Å²) >= 11 is 0. The zero-order valence-electron chi connectivity index (χ0n) is 24.0. The first-order valence-electron chi connectivity index (χ1n) is 15.5.